The van der Waals surface area contributed by atoms with Gasteiger partial charge in [0.15, 0.2) is 0 Å². The molecule has 0 fully saturated rings. The Morgan fingerprint density at radius 1 is 1.17 bits per heavy atom. The third-order valence-electron chi connectivity index (χ3n) is 3.92. The first-order chi connectivity index (χ1) is 10.5. The Morgan fingerprint density at radius 3 is 2.04 bits per heavy atom. The van der Waals surface area contributed by atoms with E-state index in [0.717, 1.165) is 0 Å². The zero-order chi connectivity index (χ0) is 17.8. The van der Waals surface area contributed by atoms with Gasteiger partial charge in [-0.15, -0.1) is 12.4 Å². The Morgan fingerprint density at radius 2 is 1.67 bits per heavy atom. The molecule has 1 unspecified atom stereocenters. The number of nitrogens with one attached hydrogen (secondary N) is 2. The van der Waals surface area contributed by atoms with Crippen molar-refractivity contribution in [2.75, 3.05) is 6.54 Å². The maximum absolute atomic E-state index is 12.3. The zero-order valence-electron chi connectivity index (χ0n) is 14.8. The van der Waals surface area contributed by atoms with Gasteiger partial charge in [-0.2, -0.15) is 0 Å². The number of benzene rings is 1. The first kappa shape index (κ1) is 22.9. The van der Waals surface area contributed by atoms with Gasteiger partial charge in [0.1, 0.15) is 0 Å². The van der Waals surface area contributed by atoms with Crippen LogP contribution in [0.2, 0.25) is 0 Å². The van der Waals surface area contributed by atoms with Crippen molar-refractivity contribution in [3.63, 3.8) is 0 Å². The fourth-order valence-electron chi connectivity index (χ4n) is 1.93. The minimum atomic E-state index is -3.56. The molecule has 0 spiro atoms. The molecule has 6 nitrogen and oxygen atoms in total. The summed E-state index contributed by atoms with van der Waals surface area (Å²) >= 11 is 0. The molecule has 0 saturated carbocycles. The molecule has 1 atom stereocenters. The molecule has 1 amide bonds. The Labute approximate surface area is 151 Å². The van der Waals surface area contributed by atoms with Gasteiger partial charge in [0.2, 0.25) is 10.0 Å². The maximum Gasteiger partial charge on any atom is 0.251 e. The van der Waals surface area contributed by atoms with Gasteiger partial charge in [0.05, 0.1) is 10.4 Å². The van der Waals surface area contributed by atoms with Crippen molar-refractivity contribution in [3.05, 3.63) is 29.8 Å². The first-order valence-electron chi connectivity index (χ1n) is 7.67. The van der Waals surface area contributed by atoms with Crippen LogP contribution in [-0.2, 0) is 10.0 Å². The summed E-state index contributed by atoms with van der Waals surface area (Å²) in [6, 6.07) is 5.66. The van der Waals surface area contributed by atoms with Gasteiger partial charge in [-0.1, -0.05) is 13.8 Å². The smallest absolute Gasteiger partial charge is 0.251 e. The molecule has 0 aromatic heterocycles. The van der Waals surface area contributed by atoms with Crippen molar-refractivity contribution in [3.8, 4) is 0 Å². The zero-order valence-corrected chi connectivity index (χ0v) is 16.4. The normalized spacial score (nSPS) is 14.2. The number of rotatable bonds is 7. The number of nitrogens with two attached hydrogens (primary N) is 1. The van der Waals surface area contributed by atoms with Gasteiger partial charge in [0.25, 0.3) is 5.91 Å². The van der Waals surface area contributed by atoms with E-state index in [1.54, 1.807) is 13.8 Å². The predicted molar refractivity (Wildman–Crippen MR) is 98.9 cm³/mol. The minimum Gasteiger partial charge on any atom is -0.345 e. The number of hydrogen-bond acceptors (Lipinski definition) is 4. The van der Waals surface area contributed by atoms with Crippen molar-refractivity contribution in [2.45, 2.75) is 51.1 Å². The second-order valence-corrected chi connectivity index (χ2v) is 8.24. The monoisotopic (exact) mass is 377 g/mol. The average molecular weight is 378 g/mol. The van der Waals surface area contributed by atoms with Crippen LogP contribution in [0.5, 0.6) is 0 Å². The third kappa shape index (κ3) is 5.73. The Bertz CT molecular complexity index is 645. The lowest BCUT2D eigenvalue weighted by Crippen LogP contribution is -2.55. The summed E-state index contributed by atoms with van der Waals surface area (Å²) in [7, 11) is -3.56. The van der Waals surface area contributed by atoms with E-state index in [4.69, 9.17) is 5.73 Å². The van der Waals surface area contributed by atoms with Crippen LogP contribution in [0.25, 0.3) is 0 Å². The Kier molecular flexibility index (Phi) is 8.38. The van der Waals surface area contributed by atoms with Crippen LogP contribution in [0.4, 0.5) is 0 Å². The fraction of sp³-hybridized carbons (Fsp3) is 0.562. The number of carbonyl (C=O) groups is 1. The lowest BCUT2D eigenvalue weighted by atomic mass is 9.88. The summed E-state index contributed by atoms with van der Waals surface area (Å²) in [5.41, 5.74) is 5.64. The molecule has 0 bridgehead atoms. The van der Waals surface area contributed by atoms with Crippen molar-refractivity contribution >= 4 is 28.3 Å². The fourth-order valence-corrected chi connectivity index (χ4v) is 3.18. The van der Waals surface area contributed by atoms with Crippen LogP contribution in [0.15, 0.2) is 29.2 Å². The van der Waals surface area contributed by atoms with Crippen LogP contribution in [0.1, 0.15) is 45.0 Å². The molecule has 0 saturated heterocycles. The summed E-state index contributed by atoms with van der Waals surface area (Å²) in [6.45, 7) is 9.68. The molecule has 1 rings (SSSR count). The van der Waals surface area contributed by atoms with Crippen molar-refractivity contribution in [1.29, 1.82) is 0 Å². The second-order valence-electron chi connectivity index (χ2n) is 6.53. The largest absolute Gasteiger partial charge is 0.345 e. The average Bonchev–Trinajstić information content (AvgIpc) is 2.45. The van der Waals surface area contributed by atoms with E-state index >= 15 is 0 Å². The highest BCUT2D eigenvalue weighted by molar-refractivity contribution is 7.89. The van der Waals surface area contributed by atoms with Crippen LogP contribution >= 0.6 is 12.4 Å². The van der Waals surface area contributed by atoms with Crippen molar-refractivity contribution < 1.29 is 13.2 Å². The van der Waals surface area contributed by atoms with Gasteiger partial charge in [0, 0.05) is 18.2 Å². The van der Waals surface area contributed by atoms with E-state index in [-0.39, 0.29) is 35.2 Å². The standard InChI is InChI=1S/C16H27N3O3S.ClH/c1-11(2)16(5,10-17)18-15(20)13-6-8-14(9-7-13)23(21,22)19-12(3)4;/h6-9,11-12,19H,10,17H2,1-5H3,(H,18,20);1H. The number of carbonyl (C=O) groups excluding carboxylic acids is 1. The summed E-state index contributed by atoms with van der Waals surface area (Å²) in [4.78, 5) is 12.5. The van der Waals surface area contributed by atoms with Crippen LogP contribution in [0, 0.1) is 5.92 Å². The molecular formula is C16H28ClN3O3S. The highest BCUT2D eigenvalue weighted by Crippen LogP contribution is 2.17. The summed E-state index contributed by atoms with van der Waals surface area (Å²) in [5.74, 6) is -0.0984. The van der Waals surface area contributed by atoms with E-state index in [2.05, 4.69) is 10.0 Å². The van der Waals surface area contributed by atoms with Crippen LogP contribution in [-0.4, -0.2) is 32.5 Å². The first-order valence-corrected chi connectivity index (χ1v) is 9.15. The molecule has 0 aliphatic heterocycles. The molecule has 1 aromatic rings. The summed E-state index contributed by atoms with van der Waals surface area (Å²) in [5, 5.41) is 2.92. The van der Waals surface area contributed by atoms with Gasteiger partial charge in [-0.25, -0.2) is 13.1 Å². The number of amides is 1. The maximum atomic E-state index is 12.3. The predicted octanol–water partition coefficient (Wildman–Crippen LogP) is 1.90. The van der Waals surface area contributed by atoms with E-state index in [0.29, 0.717) is 12.1 Å². The third-order valence-corrected chi connectivity index (χ3v) is 5.59. The lowest BCUT2D eigenvalue weighted by Gasteiger charge is -2.33. The van der Waals surface area contributed by atoms with E-state index in [9.17, 15) is 13.2 Å². The highest BCUT2D eigenvalue weighted by Gasteiger charge is 2.29. The van der Waals surface area contributed by atoms with Crippen molar-refractivity contribution in [1.82, 2.24) is 10.0 Å². The highest BCUT2D eigenvalue weighted by atomic mass is 35.5. The second kappa shape index (κ2) is 8.80. The lowest BCUT2D eigenvalue weighted by molar-refractivity contribution is 0.0883. The Balaban J connectivity index is 0.00000529. The molecule has 0 aliphatic rings. The molecule has 24 heavy (non-hydrogen) atoms. The molecule has 138 valence electrons. The molecule has 0 aliphatic carbocycles. The molecule has 0 heterocycles. The summed E-state index contributed by atoms with van der Waals surface area (Å²) in [6.07, 6.45) is 0. The number of sulfonamides is 1. The van der Waals surface area contributed by atoms with Gasteiger partial charge < -0.3 is 11.1 Å². The van der Waals surface area contributed by atoms with Crippen LogP contribution < -0.4 is 15.8 Å². The van der Waals surface area contributed by atoms with E-state index < -0.39 is 15.6 Å². The summed E-state index contributed by atoms with van der Waals surface area (Å²) < 4.78 is 26.6. The molecule has 8 heteroatoms. The van der Waals surface area contributed by atoms with E-state index in [1.807, 2.05) is 20.8 Å². The van der Waals surface area contributed by atoms with Gasteiger partial charge >= 0.3 is 0 Å². The molecule has 4 N–H and O–H groups in total. The van der Waals surface area contributed by atoms with Gasteiger partial charge in [-0.3, -0.25) is 4.79 Å². The molecule has 1 aromatic carbocycles. The minimum absolute atomic E-state index is 0. The quantitative estimate of drug-likeness (QED) is 0.675. The molecular weight excluding hydrogens is 350 g/mol. The number of hydrogen-bond donors (Lipinski definition) is 3. The van der Waals surface area contributed by atoms with Crippen LogP contribution in [0.3, 0.4) is 0 Å². The van der Waals surface area contributed by atoms with Crippen molar-refractivity contribution in [2.24, 2.45) is 11.7 Å². The van der Waals surface area contributed by atoms with E-state index in [1.165, 1.54) is 24.3 Å². The van der Waals surface area contributed by atoms with Gasteiger partial charge in [-0.05, 0) is 51.0 Å². The molecule has 0 radical (unpaired) electrons. The topological polar surface area (TPSA) is 101 Å². The number of halogens is 1. The Hall–Kier alpha value is -1.15. The SMILES string of the molecule is CC(C)NS(=O)(=O)c1ccc(C(=O)NC(C)(CN)C(C)C)cc1.Cl.